The van der Waals surface area contributed by atoms with E-state index in [1.165, 1.54) is 6.20 Å². The van der Waals surface area contributed by atoms with E-state index in [0.29, 0.717) is 0 Å². The van der Waals surface area contributed by atoms with Crippen LogP contribution in [0.25, 0.3) is 0 Å². The minimum Gasteiger partial charge on any atom is -0.261 e. The molecule has 0 unspecified atom stereocenters. The first-order valence-electron chi connectivity index (χ1n) is 5.76. The summed E-state index contributed by atoms with van der Waals surface area (Å²) in [5, 5.41) is 0. The van der Waals surface area contributed by atoms with Gasteiger partial charge in [0.2, 0.25) is 0 Å². The predicted octanol–water partition coefficient (Wildman–Crippen LogP) is 4.43. The van der Waals surface area contributed by atoms with Gasteiger partial charge in [-0.05, 0) is 29.0 Å². The molecule has 0 aliphatic heterocycles. The van der Waals surface area contributed by atoms with Gasteiger partial charge < -0.3 is 0 Å². The molecule has 1 rings (SSSR count). The van der Waals surface area contributed by atoms with Crippen molar-refractivity contribution in [1.29, 1.82) is 0 Å². The highest BCUT2D eigenvalue weighted by Crippen LogP contribution is 2.28. The van der Waals surface area contributed by atoms with Crippen LogP contribution in [0, 0.1) is 0 Å². The molecule has 0 aliphatic carbocycles. The van der Waals surface area contributed by atoms with Crippen LogP contribution in [0.1, 0.15) is 56.4 Å². The third-order valence-electron chi connectivity index (χ3n) is 2.65. The molecule has 0 bridgehead atoms. The largest absolute Gasteiger partial charge is 0.393 e. The Morgan fingerprint density at radius 1 is 1.12 bits per heavy atom. The lowest BCUT2D eigenvalue weighted by Crippen LogP contribution is -2.14. The van der Waals surface area contributed by atoms with E-state index in [-0.39, 0.29) is 17.4 Å². The van der Waals surface area contributed by atoms with Gasteiger partial charge in [-0.25, -0.2) is 0 Å². The van der Waals surface area contributed by atoms with Crippen LogP contribution < -0.4 is 0 Å². The van der Waals surface area contributed by atoms with Crippen LogP contribution in [-0.4, -0.2) is 11.2 Å². The summed E-state index contributed by atoms with van der Waals surface area (Å²) in [6.07, 6.45) is -3.70. The lowest BCUT2D eigenvalue weighted by Gasteiger charge is -2.16. The van der Waals surface area contributed by atoms with Crippen molar-refractivity contribution in [1.82, 2.24) is 4.98 Å². The number of hydrogen-bond donors (Lipinski definition) is 0. The third-order valence-corrected chi connectivity index (χ3v) is 2.65. The van der Waals surface area contributed by atoms with Crippen LogP contribution in [0.4, 0.5) is 13.2 Å². The van der Waals surface area contributed by atoms with Crippen LogP contribution >= 0.6 is 0 Å². The highest BCUT2D eigenvalue weighted by molar-refractivity contribution is 5.31. The van der Waals surface area contributed by atoms with Crippen LogP contribution in [0.5, 0.6) is 0 Å². The topological polar surface area (TPSA) is 12.9 Å². The molecule has 1 aromatic heterocycles. The molecular weight excluding hydrogens is 227 g/mol. The van der Waals surface area contributed by atoms with Gasteiger partial charge in [-0.15, -0.1) is 0 Å². The van der Waals surface area contributed by atoms with Gasteiger partial charge in [0, 0.05) is 11.9 Å². The first-order chi connectivity index (χ1) is 7.70. The maximum atomic E-state index is 12.4. The molecule has 1 heterocycles. The molecule has 1 nitrogen and oxygen atoms in total. The normalized spacial score (nSPS) is 12.5. The monoisotopic (exact) mass is 245 g/mol. The summed E-state index contributed by atoms with van der Waals surface area (Å²) in [5.74, 6) is 0.306. The number of alkyl halides is 3. The molecular formula is C13H18F3N. The standard InChI is InChI=1S/C13H18F3N/c1-8(2)11-5-12(9(3)4)17-7-10(11)6-13(14,15)16/h5,7-9H,6H2,1-4H3. The molecule has 0 aromatic carbocycles. The van der Waals surface area contributed by atoms with E-state index in [9.17, 15) is 13.2 Å². The molecule has 4 heteroatoms. The molecule has 0 radical (unpaired) electrons. The Labute approximate surface area is 100 Å². The average Bonchev–Trinajstić information content (AvgIpc) is 2.14. The number of hydrogen-bond acceptors (Lipinski definition) is 1. The fourth-order valence-corrected chi connectivity index (χ4v) is 1.73. The highest BCUT2D eigenvalue weighted by atomic mass is 19.4. The zero-order chi connectivity index (χ0) is 13.2. The van der Waals surface area contributed by atoms with E-state index in [1.54, 1.807) is 6.07 Å². The fourth-order valence-electron chi connectivity index (χ4n) is 1.73. The smallest absolute Gasteiger partial charge is 0.261 e. The van der Waals surface area contributed by atoms with Gasteiger partial charge in [0.25, 0.3) is 0 Å². The van der Waals surface area contributed by atoms with Gasteiger partial charge in [-0.1, -0.05) is 27.7 Å². The second-order valence-corrected chi connectivity index (χ2v) is 4.91. The van der Waals surface area contributed by atoms with Gasteiger partial charge >= 0.3 is 6.18 Å². The molecule has 0 N–H and O–H groups in total. The Hall–Kier alpha value is -1.06. The maximum absolute atomic E-state index is 12.4. The van der Waals surface area contributed by atoms with Gasteiger partial charge in [-0.3, -0.25) is 4.98 Å². The molecule has 1 aromatic rings. The van der Waals surface area contributed by atoms with Crippen molar-refractivity contribution < 1.29 is 13.2 Å². The minimum atomic E-state index is -4.18. The van der Waals surface area contributed by atoms with Gasteiger partial charge in [0.1, 0.15) is 0 Å². The van der Waals surface area contributed by atoms with Gasteiger partial charge in [0.15, 0.2) is 0 Å². The van der Waals surface area contributed by atoms with Crippen molar-refractivity contribution >= 4 is 0 Å². The minimum absolute atomic E-state index is 0.0767. The summed E-state index contributed by atoms with van der Waals surface area (Å²) in [6.45, 7) is 7.77. The lowest BCUT2D eigenvalue weighted by atomic mass is 9.94. The summed E-state index contributed by atoms with van der Waals surface area (Å²) in [6, 6.07) is 1.80. The number of pyridine rings is 1. The molecule has 0 saturated carbocycles. The third kappa shape index (κ3) is 4.02. The van der Waals surface area contributed by atoms with E-state index in [4.69, 9.17) is 0 Å². The van der Waals surface area contributed by atoms with Crippen LogP contribution in [-0.2, 0) is 6.42 Å². The molecule has 0 atom stereocenters. The number of nitrogens with zero attached hydrogens (tertiary/aromatic N) is 1. The predicted molar refractivity (Wildman–Crippen MR) is 62.2 cm³/mol. The fraction of sp³-hybridized carbons (Fsp3) is 0.615. The highest BCUT2D eigenvalue weighted by Gasteiger charge is 2.29. The lowest BCUT2D eigenvalue weighted by molar-refractivity contribution is -0.127. The van der Waals surface area contributed by atoms with Crippen molar-refractivity contribution in [2.75, 3.05) is 0 Å². The summed E-state index contributed by atoms with van der Waals surface area (Å²) in [4.78, 5) is 4.11. The van der Waals surface area contributed by atoms with E-state index < -0.39 is 12.6 Å². The second kappa shape index (κ2) is 5.07. The molecule has 96 valence electrons. The molecule has 17 heavy (non-hydrogen) atoms. The molecule has 0 amide bonds. The quantitative estimate of drug-likeness (QED) is 0.767. The SMILES string of the molecule is CC(C)c1cc(C(C)C)c(CC(F)(F)F)cn1. The molecule has 0 saturated heterocycles. The number of aromatic nitrogens is 1. The van der Waals surface area contributed by atoms with E-state index in [0.717, 1.165) is 11.3 Å². The summed E-state index contributed by atoms with van der Waals surface area (Å²) in [7, 11) is 0. The van der Waals surface area contributed by atoms with Crippen LogP contribution in [0.15, 0.2) is 12.3 Å². The zero-order valence-electron chi connectivity index (χ0n) is 10.6. The first kappa shape index (κ1) is 14.0. The maximum Gasteiger partial charge on any atom is 0.393 e. The van der Waals surface area contributed by atoms with E-state index >= 15 is 0 Å². The van der Waals surface area contributed by atoms with E-state index in [2.05, 4.69) is 4.98 Å². The van der Waals surface area contributed by atoms with Crippen molar-refractivity contribution in [3.63, 3.8) is 0 Å². The second-order valence-electron chi connectivity index (χ2n) is 4.91. The van der Waals surface area contributed by atoms with Crippen molar-refractivity contribution in [3.05, 3.63) is 29.1 Å². The molecule has 0 spiro atoms. The Balaban J connectivity index is 3.13. The van der Waals surface area contributed by atoms with Gasteiger partial charge in [-0.2, -0.15) is 13.2 Å². The summed E-state index contributed by atoms with van der Waals surface area (Å²) in [5.41, 5.74) is 1.89. The summed E-state index contributed by atoms with van der Waals surface area (Å²) < 4.78 is 37.2. The van der Waals surface area contributed by atoms with Crippen molar-refractivity contribution in [3.8, 4) is 0 Å². The van der Waals surface area contributed by atoms with E-state index in [1.807, 2.05) is 27.7 Å². The Kier molecular flexibility index (Phi) is 4.17. The zero-order valence-corrected chi connectivity index (χ0v) is 10.6. The molecule has 0 fully saturated rings. The Morgan fingerprint density at radius 3 is 2.12 bits per heavy atom. The van der Waals surface area contributed by atoms with Crippen molar-refractivity contribution in [2.24, 2.45) is 0 Å². The Morgan fingerprint density at radius 2 is 1.71 bits per heavy atom. The Bertz CT molecular complexity index is 381. The average molecular weight is 245 g/mol. The van der Waals surface area contributed by atoms with Gasteiger partial charge in [0.05, 0.1) is 6.42 Å². The van der Waals surface area contributed by atoms with Crippen LogP contribution in [0.3, 0.4) is 0 Å². The van der Waals surface area contributed by atoms with Crippen LogP contribution in [0.2, 0.25) is 0 Å². The van der Waals surface area contributed by atoms with Crippen molar-refractivity contribution in [2.45, 2.75) is 52.1 Å². The molecule has 0 aliphatic rings. The first-order valence-corrected chi connectivity index (χ1v) is 5.76. The number of halogens is 3. The summed E-state index contributed by atoms with van der Waals surface area (Å²) >= 11 is 0. The number of rotatable bonds is 3.